The third kappa shape index (κ3) is 5.87. The first-order valence-corrected chi connectivity index (χ1v) is 22.5. The lowest BCUT2D eigenvalue weighted by molar-refractivity contribution is 1.07. The van der Waals surface area contributed by atoms with Crippen molar-refractivity contribution >= 4 is 85.0 Å². The van der Waals surface area contributed by atoms with Gasteiger partial charge in [0.25, 0.3) is 0 Å². The Morgan fingerprint density at radius 2 is 0.889 bits per heavy atom. The molecular weight excluding hydrogens is 809 g/mol. The Labute approximate surface area is 369 Å². The lowest BCUT2D eigenvalue weighted by Gasteiger charge is -2.11. The predicted molar refractivity (Wildman–Crippen MR) is 263 cm³/mol. The van der Waals surface area contributed by atoms with E-state index in [4.69, 9.17) is 24.9 Å². The van der Waals surface area contributed by atoms with Crippen molar-refractivity contribution in [3.63, 3.8) is 0 Å². The van der Waals surface area contributed by atoms with Crippen LogP contribution in [-0.2, 0) is 0 Å². The van der Waals surface area contributed by atoms with Gasteiger partial charge in [0.05, 0.1) is 26.9 Å². The molecule has 294 valence electrons. The molecule has 0 radical (unpaired) electrons. The number of benzene rings is 8. The lowest BCUT2D eigenvalue weighted by atomic mass is 10.1. The van der Waals surface area contributed by atoms with Crippen LogP contribution in [0.25, 0.3) is 125 Å². The Balaban J connectivity index is 0.936. The summed E-state index contributed by atoms with van der Waals surface area (Å²) < 4.78 is 6.92. The summed E-state index contributed by atoms with van der Waals surface area (Å²) >= 11 is 3.51. The van der Waals surface area contributed by atoms with Crippen LogP contribution in [0.4, 0.5) is 0 Å². The van der Waals surface area contributed by atoms with Crippen molar-refractivity contribution in [1.82, 2.24) is 29.5 Å². The number of para-hydroxylation sites is 2. The maximum atomic E-state index is 5.32. The van der Waals surface area contributed by atoms with E-state index in [-0.39, 0.29) is 0 Å². The van der Waals surface area contributed by atoms with E-state index in [9.17, 15) is 0 Å². The van der Waals surface area contributed by atoms with Gasteiger partial charge < -0.3 is 4.57 Å². The minimum atomic E-state index is 0.620. The second-order valence-corrected chi connectivity index (χ2v) is 17.7. The maximum absolute atomic E-state index is 5.32. The van der Waals surface area contributed by atoms with Gasteiger partial charge in [-0.2, -0.15) is 0 Å². The highest BCUT2D eigenvalue weighted by molar-refractivity contribution is 7.26. The van der Waals surface area contributed by atoms with Crippen molar-refractivity contribution < 1.29 is 0 Å². The van der Waals surface area contributed by atoms with E-state index in [2.05, 4.69) is 162 Å². The molecule has 0 saturated heterocycles. The molecule has 0 amide bonds. The molecule has 13 rings (SSSR count). The molecule has 0 atom stereocenters. The zero-order valence-corrected chi connectivity index (χ0v) is 35.1. The van der Waals surface area contributed by atoms with Crippen LogP contribution in [0.5, 0.6) is 0 Å². The van der Waals surface area contributed by atoms with Crippen LogP contribution in [0.15, 0.2) is 194 Å². The molecule has 8 heteroatoms. The second kappa shape index (κ2) is 14.3. The van der Waals surface area contributed by atoms with Gasteiger partial charge in [0, 0.05) is 74.5 Å². The fraction of sp³-hybridized carbons (Fsp3) is 0. The number of rotatable bonds is 6. The third-order valence-electron chi connectivity index (χ3n) is 11.9. The van der Waals surface area contributed by atoms with E-state index in [1.54, 1.807) is 22.7 Å². The molecule has 0 saturated carbocycles. The van der Waals surface area contributed by atoms with E-state index in [0.29, 0.717) is 17.5 Å². The molecule has 5 aromatic heterocycles. The van der Waals surface area contributed by atoms with Crippen LogP contribution in [0.1, 0.15) is 0 Å². The fourth-order valence-electron chi connectivity index (χ4n) is 8.93. The van der Waals surface area contributed by atoms with Gasteiger partial charge in [-0.3, -0.25) is 0 Å². The number of fused-ring (bicyclic) bond motifs is 9. The molecule has 0 bridgehead atoms. The summed E-state index contributed by atoms with van der Waals surface area (Å²) in [7, 11) is 0. The molecule has 0 N–H and O–H groups in total. The highest BCUT2D eigenvalue weighted by Gasteiger charge is 2.20. The Hall–Kier alpha value is -7.91. The van der Waals surface area contributed by atoms with Gasteiger partial charge in [0.15, 0.2) is 23.3 Å². The Kier molecular flexibility index (Phi) is 8.15. The second-order valence-electron chi connectivity index (χ2n) is 15.6. The molecule has 13 aromatic rings. The minimum absolute atomic E-state index is 0.620. The van der Waals surface area contributed by atoms with Gasteiger partial charge in [-0.1, -0.05) is 140 Å². The number of hydrogen-bond donors (Lipinski definition) is 0. The molecule has 0 aliphatic rings. The molecule has 0 spiro atoms. The third-order valence-corrected chi connectivity index (χ3v) is 14.3. The number of aromatic nitrogens is 6. The van der Waals surface area contributed by atoms with Gasteiger partial charge in [-0.25, -0.2) is 24.9 Å². The maximum Gasteiger partial charge on any atom is 0.164 e. The monoisotopic (exact) mass is 840 g/mol. The van der Waals surface area contributed by atoms with Crippen LogP contribution in [0.3, 0.4) is 0 Å². The van der Waals surface area contributed by atoms with Gasteiger partial charge in [0.1, 0.15) is 0 Å². The van der Waals surface area contributed by atoms with Gasteiger partial charge in [-0.15, -0.1) is 22.7 Å². The lowest BCUT2D eigenvalue weighted by Crippen LogP contribution is -2.00. The normalized spacial score (nSPS) is 11.8. The van der Waals surface area contributed by atoms with E-state index in [0.717, 1.165) is 70.0 Å². The van der Waals surface area contributed by atoms with Crippen molar-refractivity contribution in [3.05, 3.63) is 194 Å². The van der Waals surface area contributed by atoms with E-state index < -0.39 is 0 Å². The molecule has 8 aromatic carbocycles. The smallest absolute Gasteiger partial charge is 0.164 e. The van der Waals surface area contributed by atoms with Crippen molar-refractivity contribution in [1.29, 1.82) is 0 Å². The fourth-order valence-corrected chi connectivity index (χ4v) is 11.3. The molecule has 6 nitrogen and oxygen atoms in total. The molecule has 5 heterocycles. The van der Waals surface area contributed by atoms with Crippen LogP contribution in [0.2, 0.25) is 0 Å². The van der Waals surface area contributed by atoms with Gasteiger partial charge in [-0.05, 0) is 54.6 Å². The number of thiophene rings is 2. The van der Waals surface area contributed by atoms with Crippen molar-refractivity contribution in [3.8, 4) is 62.5 Å². The zero-order chi connectivity index (χ0) is 41.4. The van der Waals surface area contributed by atoms with Crippen LogP contribution in [0, 0.1) is 0 Å². The standard InChI is InChI=1S/C55H32N6S2/c1-3-14-33(15-4-1)48-51-49(42-20-9-12-25-46(42)62-51)57-55(56-48)43-22-13-21-41-40-31-28-36(32-47(40)63-50(41)43)54-59-52(34-16-5-2-6-17-34)58-53(60-54)35-26-29-37(30-27-35)61-44-23-10-7-18-38(44)39-19-8-11-24-45(39)61/h1-32H. The average Bonchev–Trinajstić information content (AvgIpc) is 4.04. The Bertz CT molecular complexity index is 3860. The van der Waals surface area contributed by atoms with Crippen molar-refractivity contribution in [2.24, 2.45) is 0 Å². The SMILES string of the molecule is c1ccc(-c2nc(-c3ccc(-n4c5ccccc5c5ccccc54)cc3)nc(-c3ccc4c(c3)sc3c(-c5nc(-c6ccccc6)c6sc7ccccc7c6n5)cccc34)n2)cc1. The average molecular weight is 841 g/mol. The van der Waals surface area contributed by atoms with Crippen LogP contribution >= 0.6 is 22.7 Å². The molecule has 0 aliphatic heterocycles. The van der Waals surface area contributed by atoms with Gasteiger partial charge in [0.2, 0.25) is 0 Å². The summed E-state index contributed by atoms with van der Waals surface area (Å²) in [6.45, 7) is 0. The summed E-state index contributed by atoms with van der Waals surface area (Å²) in [4.78, 5) is 25.9. The van der Waals surface area contributed by atoms with Crippen molar-refractivity contribution in [2.45, 2.75) is 0 Å². The topological polar surface area (TPSA) is 69.4 Å². The molecule has 0 fully saturated rings. The first-order valence-electron chi connectivity index (χ1n) is 20.8. The Morgan fingerprint density at radius 3 is 1.60 bits per heavy atom. The van der Waals surface area contributed by atoms with E-state index in [1.807, 2.05) is 36.4 Å². The highest BCUT2D eigenvalue weighted by Crippen LogP contribution is 2.44. The number of hydrogen-bond acceptors (Lipinski definition) is 7. The van der Waals surface area contributed by atoms with Crippen molar-refractivity contribution in [2.75, 3.05) is 0 Å². The summed E-state index contributed by atoms with van der Waals surface area (Å²) in [5.41, 5.74) is 10.2. The summed E-state index contributed by atoms with van der Waals surface area (Å²) in [6.07, 6.45) is 0. The summed E-state index contributed by atoms with van der Waals surface area (Å²) in [5.74, 6) is 2.59. The zero-order valence-electron chi connectivity index (χ0n) is 33.5. The summed E-state index contributed by atoms with van der Waals surface area (Å²) in [6, 6.07) is 67.8. The highest BCUT2D eigenvalue weighted by atomic mass is 32.1. The minimum Gasteiger partial charge on any atom is -0.309 e. The molecule has 0 aliphatic carbocycles. The van der Waals surface area contributed by atoms with E-state index in [1.165, 1.54) is 37.3 Å². The quantitative estimate of drug-likeness (QED) is 0.167. The van der Waals surface area contributed by atoms with E-state index >= 15 is 0 Å². The van der Waals surface area contributed by atoms with Crippen LogP contribution < -0.4 is 0 Å². The first kappa shape index (κ1) is 35.8. The summed E-state index contributed by atoms with van der Waals surface area (Å²) in [5, 5.41) is 5.96. The number of nitrogens with zero attached hydrogens (tertiary/aromatic N) is 6. The largest absolute Gasteiger partial charge is 0.309 e. The predicted octanol–water partition coefficient (Wildman–Crippen LogP) is 14.8. The molecule has 63 heavy (non-hydrogen) atoms. The first-order chi connectivity index (χ1) is 31.2. The van der Waals surface area contributed by atoms with Crippen LogP contribution in [-0.4, -0.2) is 29.5 Å². The molecule has 0 unspecified atom stereocenters. The Morgan fingerprint density at radius 1 is 0.333 bits per heavy atom. The molecular formula is C55H32N6S2. The van der Waals surface area contributed by atoms with Gasteiger partial charge >= 0.3 is 0 Å².